The first-order valence-corrected chi connectivity index (χ1v) is 7.06. The summed E-state index contributed by atoms with van der Waals surface area (Å²) in [7, 11) is 0. The minimum Gasteiger partial charge on any atom is -0.380 e. The lowest BCUT2D eigenvalue weighted by Gasteiger charge is -2.17. The van der Waals surface area contributed by atoms with Gasteiger partial charge in [0.2, 0.25) is 0 Å². The van der Waals surface area contributed by atoms with Crippen LogP contribution in [0.5, 0.6) is 0 Å². The van der Waals surface area contributed by atoms with Crippen molar-refractivity contribution < 1.29 is 9.47 Å². The van der Waals surface area contributed by atoms with Crippen LogP contribution in [0.2, 0.25) is 0 Å². The summed E-state index contributed by atoms with van der Waals surface area (Å²) in [6, 6.07) is 0. The van der Waals surface area contributed by atoms with E-state index in [-0.39, 0.29) is 0 Å². The molecule has 0 spiro atoms. The molecule has 1 aromatic heterocycles. The maximum absolute atomic E-state index is 5.61. The van der Waals surface area contributed by atoms with Crippen LogP contribution >= 0.6 is 0 Å². The lowest BCUT2D eigenvalue weighted by atomic mass is 9.91. The zero-order chi connectivity index (χ0) is 14.1. The molecule has 0 aliphatic heterocycles. The fraction of sp³-hybridized carbons (Fsp3) is 0.857. The molecule has 0 saturated heterocycles. The Morgan fingerprint density at radius 2 is 2.00 bits per heavy atom. The van der Waals surface area contributed by atoms with Crippen LogP contribution in [-0.4, -0.2) is 34.8 Å². The van der Waals surface area contributed by atoms with Gasteiger partial charge < -0.3 is 9.47 Å². The third-order valence-electron chi connectivity index (χ3n) is 2.72. The summed E-state index contributed by atoms with van der Waals surface area (Å²) < 4.78 is 12.7. The van der Waals surface area contributed by atoms with Crippen molar-refractivity contribution in [2.24, 2.45) is 5.41 Å². The Hall–Kier alpha value is -0.940. The van der Waals surface area contributed by atoms with Crippen molar-refractivity contribution in [1.29, 1.82) is 0 Å². The van der Waals surface area contributed by atoms with Crippen molar-refractivity contribution in [1.82, 2.24) is 15.0 Å². The number of hydrogen-bond donors (Lipinski definition) is 0. The highest BCUT2D eigenvalue weighted by atomic mass is 16.5. The van der Waals surface area contributed by atoms with Crippen LogP contribution in [0, 0.1) is 5.41 Å². The first-order chi connectivity index (χ1) is 9.01. The molecule has 0 radical (unpaired) electrons. The summed E-state index contributed by atoms with van der Waals surface area (Å²) in [6.45, 7) is 12.2. The van der Waals surface area contributed by atoms with E-state index < -0.39 is 0 Å². The topological polar surface area (TPSA) is 49.2 Å². The van der Waals surface area contributed by atoms with Crippen LogP contribution in [0.1, 0.15) is 46.2 Å². The van der Waals surface area contributed by atoms with Crippen LogP contribution in [0.15, 0.2) is 6.20 Å². The normalized spacial score (nSPS) is 12.0. The summed E-state index contributed by atoms with van der Waals surface area (Å²) in [5.41, 5.74) is 1.26. The Kier molecular flexibility index (Phi) is 7.02. The summed E-state index contributed by atoms with van der Waals surface area (Å²) >= 11 is 0. The zero-order valence-corrected chi connectivity index (χ0v) is 12.7. The Morgan fingerprint density at radius 3 is 2.68 bits per heavy atom. The lowest BCUT2D eigenvalue weighted by Crippen LogP contribution is -2.07. The largest absolute Gasteiger partial charge is 0.380 e. The van der Waals surface area contributed by atoms with E-state index in [0.717, 1.165) is 31.9 Å². The van der Waals surface area contributed by atoms with Gasteiger partial charge in [0.05, 0.1) is 26.0 Å². The first kappa shape index (κ1) is 16.1. The molecule has 0 saturated carbocycles. The van der Waals surface area contributed by atoms with Gasteiger partial charge in [-0.2, -0.15) is 0 Å². The fourth-order valence-electron chi connectivity index (χ4n) is 1.70. The number of nitrogens with zero attached hydrogens (tertiary/aromatic N) is 3. The van der Waals surface area contributed by atoms with E-state index in [4.69, 9.17) is 9.47 Å². The molecule has 1 heterocycles. The van der Waals surface area contributed by atoms with Crippen molar-refractivity contribution in [3.05, 3.63) is 11.9 Å². The summed E-state index contributed by atoms with van der Waals surface area (Å²) in [4.78, 5) is 0. The van der Waals surface area contributed by atoms with E-state index in [1.54, 1.807) is 4.68 Å². The van der Waals surface area contributed by atoms with Crippen molar-refractivity contribution >= 4 is 0 Å². The quantitative estimate of drug-likeness (QED) is 0.647. The zero-order valence-electron chi connectivity index (χ0n) is 12.7. The van der Waals surface area contributed by atoms with Crippen molar-refractivity contribution in [2.75, 3.05) is 19.8 Å². The van der Waals surface area contributed by atoms with Crippen molar-refractivity contribution in [3.63, 3.8) is 0 Å². The van der Waals surface area contributed by atoms with E-state index in [1.165, 1.54) is 6.42 Å². The smallest absolute Gasteiger partial charge is 0.108 e. The molecule has 0 N–H and O–H groups in total. The molecule has 1 aromatic rings. The van der Waals surface area contributed by atoms with Gasteiger partial charge in [-0.25, -0.2) is 4.68 Å². The van der Waals surface area contributed by atoms with Gasteiger partial charge in [0.15, 0.2) is 0 Å². The second kappa shape index (κ2) is 8.27. The maximum Gasteiger partial charge on any atom is 0.108 e. The van der Waals surface area contributed by atoms with Crippen LogP contribution in [0.4, 0.5) is 0 Å². The highest BCUT2D eigenvalue weighted by molar-refractivity contribution is 4.89. The Labute approximate surface area is 116 Å². The van der Waals surface area contributed by atoms with Crippen molar-refractivity contribution in [2.45, 2.75) is 53.7 Å². The van der Waals surface area contributed by atoms with Crippen LogP contribution in [0.3, 0.4) is 0 Å². The molecule has 0 atom stereocenters. The van der Waals surface area contributed by atoms with E-state index in [0.29, 0.717) is 18.6 Å². The van der Waals surface area contributed by atoms with Crippen LogP contribution < -0.4 is 0 Å². The van der Waals surface area contributed by atoms with E-state index in [1.807, 2.05) is 13.1 Å². The molecule has 110 valence electrons. The molecule has 0 aromatic carbocycles. The molecular weight excluding hydrogens is 242 g/mol. The van der Waals surface area contributed by atoms with Crippen molar-refractivity contribution in [3.8, 4) is 0 Å². The van der Waals surface area contributed by atoms with E-state index in [2.05, 4.69) is 31.1 Å². The monoisotopic (exact) mass is 269 g/mol. The highest BCUT2D eigenvalue weighted by Gasteiger charge is 2.09. The van der Waals surface area contributed by atoms with Gasteiger partial charge in [0, 0.05) is 13.2 Å². The van der Waals surface area contributed by atoms with E-state index in [9.17, 15) is 0 Å². The molecule has 0 unspecified atom stereocenters. The third-order valence-corrected chi connectivity index (χ3v) is 2.72. The highest BCUT2D eigenvalue weighted by Crippen LogP contribution is 2.20. The van der Waals surface area contributed by atoms with Gasteiger partial charge in [-0.3, -0.25) is 0 Å². The predicted molar refractivity (Wildman–Crippen MR) is 74.9 cm³/mol. The van der Waals surface area contributed by atoms with E-state index >= 15 is 0 Å². The van der Waals surface area contributed by atoms with Gasteiger partial charge in [0.1, 0.15) is 5.69 Å². The maximum atomic E-state index is 5.61. The van der Waals surface area contributed by atoms with Gasteiger partial charge in [-0.1, -0.05) is 26.0 Å². The number of rotatable bonds is 9. The van der Waals surface area contributed by atoms with Crippen LogP contribution in [0.25, 0.3) is 0 Å². The van der Waals surface area contributed by atoms with Gasteiger partial charge in [-0.15, -0.1) is 5.10 Å². The second-order valence-electron chi connectivity index (χ2n) is 5.89. The summed E-state index contributed by atoms with van der Waals surface area (Å²) in [5.74, 6) is 0. The molecule has 0 aliphatic carbocycles. The molecule has 5 nitrogen and oxygen atoms in total. The SMILES string of the molecule is CCOCCn1cc(COCCCC(C)(C)C)nn1. The Bertz CT molecular complexity index is 345. The molecule has 0 bridgehead atoms. The molecule has 5 heteroatoms. The molecule has 1 rings (SSSR count). The van der Waals surface area contributed by atoms with Crippen LogP contribution in [-0.2, 0) is 22.6 Å². The average molecular weight is 269 g/mol. The minimum absolute atomic E-state index is 0.381. The Morgan fingerprint density at radius 1 is 1.21 bits per heavy atom. The first-order valence-electron chi connectivity index (χ1n) is 7.06. The molecule has 0 fully saturated rings. The summed E-state index contributed by atoms with van der Waals surface area (Å²) in [6.07, 6.45) is 4.18. The fourth-order valence-corrected chi connectivity index (χ4v) is 1.70. The standard InChI is InChI=1S/C14H27N3O2/c1-5-18-10-8-17-11-13(15-16-17)12-19-9-6-7-14(2,3)4/h11H,5-10,12H2,1-4H3. The lowest BCUT2D eigenvalue weighted by molar-refractivity contribution is 0.107. The molecule has 19 heavy (non-hydrogen) atoms. The molecule has 0 aliphatic rings. The third kappa shape index (κ3) is 7.95. The molecule has 0 amide bonds. The molecular formula is C14H27N3O2. The van der Waals surface area contributed by atoms with Gasteiger partial charge in [0.25, 0.3) is 0 Å². The number of hydrogen-bond acceptors (Lipinski definition) is 4. The summed E-state index contributed by atoms with van der Waals surface area (Å²) in [5, 5.41) is 8.11. The average Bonchev–Trinajstić information content (AvgIpc) is 2.75. The van der Waals surface area contributed by atoms with Gasteiger partial charge in [-0.05, 0) is 25.2 Å². The number of aromatic nitrogens is 3. The minimum atomic E-state index is 0.381. The van der Waals surface area contributed by atoms with Gasteiger partial charge >= 0.3 is 0 Å². The Balaban J connectivity index is 2.12. The predicted octanol–water partition coefficient (Wildman–Crippen LogP) is 2.66. The second-order valence-corrected chi connectivity index (χ2v) is 5.89. The number of ether oxygens (including phenoxy) is 2.